The number of nitrogens with zero attached hydrogens (tertiary/aromatic N) is 2. The Kier molecular flexibility index (Phi) is 3.17. The van der Waals surface area contributed by atoms with Gasteiger partial charge in [0.05, 0.1) is 25.0 Å². The average molecular weight is 237 g/mol. The molecule has 1 heterocycles. The topological polar surface area (TPSA) is 39.1 Å². The van der Waals surface area contributed by atoms with Crippen LogP contribution in [0.1, 0.15) is 51.4 Å². The standard InChI is InChI=1S/C13H23N3O/c1-9(2)16-11(10(17-5)8-15-16)12(14-4)13(3)6-7-13/h8-9,12,14H,6-7H2,1-5H3. The van der Waals surface area contributed by atoms with E-state index < -0.39 is 0 Å². The van der Waals surface area contributed by atoms with Crippen molar-refractivity contribution in [2.24, 2.45) is 5.41 Å². The molecular weight excluding hydrogens is 214 g/mol. The summed E-state index contributed by atoms with van der Waals surface area (Å²) in [7, 11) is 3.73. The molecule has 1 N–H and O–H groups in total. The summed E-state index contributed by atoms with van der Waals surface area (Å²) in [5.74, 6) is 0.895. The van der Waals surface area contributed by atoms with Crippen molar-refractivity contribution in [1.82, 2.24) is 15.1 Å². The number of hydrogen-bond acceptors (Lipinski definition) is 3. The fraction of sp³-hybridized carbons (Fsp3) is 0.769. The largest absolute Gasteiger partial charge is 0.493 e. The van der Waals surface area contributed by atoms with Crippen LogP contribution in [0.3, 0.4) is 0 Å². The van der Waals surface area contributed by atoms with Gasteiger partial charge in [-0.15, -0.1) is 0 Å². The second kappa shape index (κ2) is 4.33. The van der Waals surface area contributed by atoms with Gasteiger partial charge >= 0.3 is 0 Å². The van der Waals surface area contributed by atoms with Gasteiger partial charge in [-0.1, -0.05) is 6.92 Å². The Balaban J connectivity index is 2.43. The second-order valence-corrected chi connectivity index (χ2v) is 5.51. The first-order chi connectivity index (χ1) is 8.03. The maximum atomic E-state index is 5.46. The van der Waals surface area contributed by atoms with Crippen LogP contribution in [-0.4, -0.2) is 23.9 Å². The minimum absolute atomic E-state index is 0.322. The number of aromatic nitrogens is 2. The van der Waals surface area contributed by atoms with E-state index in [4.69, 9.17) is 4.74 Å². The van der Waals surface area contributed by atoms with Crippen LogP contribution in [0.2, 0.25) is 0 Å². The summed E-state index contributed by atoms with van der Waals surface area (Å²) in [5.41, 5.74) is 1.54. The molecule has 1 fully saturated rings. The van der Waals surface area contributed by atoms with Crippen LogP contribution in [0, 0.1) is 5.41 Å². The van der Waals surface area contributed by atoms with E-state index in [2.05, 4.69) is 35.9 Å². The maximum Gasteiger partial charge on any atom is 0.161 e. The molecule has 1 aromatic heterocycles. The first-order valence-electron chi connectivity index (χ1n) is 6.32. The van der Waals surface area contributed by atoms with Crippen LogP contribution in [0.15, 0.2) is 6.20 Å². The molecule has 1 atom stereocenters. The van der Waals surface area contributed by atoms with E-state index in [-0.39, 0.29) is 0 Å². The summed E-state index contributed by atoms with van der Waals surface area (Å²) in [6.45, 7) is 6.63. The predicted molar refractivity (Wildman–Crippen MR) is 68.3 cm³/mol. The van der Waals surface area contributed by atoms with Crippen LogP contribution < -0.4 is 10.1 Å². The van der Waals surface area contributed by atoms with Gasteiger partial charge in [0.2, 0.25) is 0 Å². The van der Waals surface area contributed by atoms with Crippen LogP contribution in [0.4, 0.5) is 0 Å². The Bertz CT molecular complexity index is 393. The van der Waals surface area contributed by atoms with E-state index in [1.54, 1.807) is 7.11 Å². The number of methoxy groups -OCH3 is 1. The van der Waals surface area contributed by atoms with Gasteiger partial charge in [-0.05, 0) is 39.2 Å². The van der Waals surface area contributed by atoms with Crippen molar-refractivity contribution in [3.05, 3.63) is 11.9 Å². The molecule has 0 spiro atoms. The SMILES string of the molecule is CNC(c1c(OC)cnn1C(C)C)C1(C)CC1. The van der Waals surface area contributed by atoms with Crippen molar-refractivity contribution < 1.29 is 4.74 Å². The molecular formula is C13H23N3O. The highest BCUT2D eigenvalue weighted by molar-refractivity contribution is 5.31. The highest BCUT2D eigenvalue weighted by Crippen LogP contribution is 2.55. The summed E-state index contributed by atoms with van der Waals surface area (Å²) >= 11 is 0. The molecule has 1 aliphatic rings. The number of nitrogens with one attached hydrogen (secondary N) is 1. The summed E-state index contributed by atoms with van der Waals surface area (Å²) < 4.78 is 7.53. The zero-order valence-electron chi connectivity index (χ0n) is 11.4. The van der Waals surface area contributed by atoms with Crippen LogP contribution >= 0.6 is 0 Å². The molecule has 1 aliphatic carbocycles. The van der Waals surface area contributed by atoms with Crippen LogP contribution in [0.5, 0.6) is 5.75 Å². The lowest BCUT2D eigenvalue weighted by molar-refractivity contribution is 0.331. The Hall–Kier alpha value is -1.03. The number of hydrogen-bond donors (Lipinski definition) is 1. The van der Waals surface area contributed by atoms with Crippen molar-refractivity contribution in [2.45, 2.75) is 45.7 Å². The van der Waals surface area contributed by atoms with Crippen molar-refractivity contribution >= 4 is 0 Å². The Morgan fingerprint density at radius 3 is 2.53 bits per heavy atom. The zero-order valence-corrected chi connectivity index (χ0v) is 11.4. The summed E-state index contributed by atoms with van der Waals surface area (Å²) in [6.07, 6.45) is 4.36. The van der Waals surface area contributed by atoms with Crippen molar-refractivity contribution in [2.75, 3.05) is 14.2 Å². The van der Waals surface area contributed by atoms with Crippen molar-refractivity contribution in [1.29, 1.82) is 0 Å². The monoisotopic (exact) mass is 237 g/mol. The molecule has 1 unspecified atom stereocenters. The molecule has 2 rings (SSSR count). The highest BCUT2D eigenvalue weighted by atomic mass is 16.5. The third-order valence-corrected chi connectivity index (χ3v) is 3.81. The quantitative estimate of drug-likeness (QED) is 0.855. The summed E-state index contributed by atoms with van der Waals surface area (Å²) in [5, 5.41) is 7.88. The van der Waals surface area contributed by atoms with Crippen LogP contribution in [-0.2, 0) is 0 Å². The molecule has 17 heavy (non-hydrogen) atoms. The number of rotatable bonds is 5. The summed E-state index contributed by atoms with van der Waals surface area (Å²) in [6, 6.07) is 0.675. The third-order valence-electron chi connectivity index (χ3n) is 3.81. The maximum absolute atomic E-state index is 5.46. The van der Waals surface area contributed by atoms with E-state index in [1.165, 1.54) is 18.5 Å². The smallest absolute Gasteiger partial charge is 0.161 e. The fourth-order valence-electron chi connectivity index (χ4n) is 2.50. The summed E-state index contributed by atoms with van der Waals surface area (Å²) in [4.78, 5) is 0. The van der Waals surface area contributed by atoms with Crippen molar-refractivity contribution in [3.63, 3.8) is 0 Å². The third kappa shape index (κ3) is 2.06. The lowest BCUT2D eigenvalue weighted by Crippen LogP contribution is -2.28. The molecule has 1 aromatic rings. The lowest BCUT2D eigenvalue weighted by atomic mass is 9.95. The molecule has 0 radical (unpaired) electrons. The molecule has 96 valence electrons. The normalized spacial score (nSPS) is 19.4. The molecule has 4 heteroatoms. The molecule has 0 saturated heterocycles. The van der Waals surface area contributed by atoms with E-state index in [9.17, 15) is 0 Å². The van der Waals surface area contributed by atoms with Gasteiger partial charge in [0.15, 0.2) is 5.75 Å². The zero-order chi connectivity index (χ0) is 12.6. The second-order valence-electron chi connectivity index (χ2n) is 5.51. The molecule has 4 nitrogen and oxygen atoms in total. The molecule has 0 aromatic carbocycles. The minimum atomic E-state index is 0.322. The average Bonchev–Trinajstić information content (AvgIpc) is 2.89. The molecule has 0 bridgehead atoms. The molecule has 0 amide bonds. The van der Waals surface area contributed by atoms with Crippen LogP contribution in [0.25, 0.3) is 0 Å². The predicted octanol–water partition coefficient (Wildman–Crippen LogP) is 2.53. The van der Waals surface area contributed by atoms with Crippen molar-refractivity contribution in [3.8, 4) is 5.75 Å². The van der Waals surface area contributed by atoms with E-state index in [1.807, 2.05) is 13.2 Å². The Labute approximate surface area is 103 Å². The molecule has 0 aliphatic heterocycles. The minimum Gasteiger partial charge on any atom is -0.493 e. The van der Waals surface area contributed by atoms with Gasteiger partial charge in [0.1, 0.15) is 0 Å². The lowest BCUT2D eigenvalue weighted by Gasteiger charge is -2.26. The Morgan fingerprint density at radius 2 is 2.12 bits per heavy atom. The first-order valence-corrected chi connectivity index (χ1v) is 6.32. The van der Waals surface area contributed by atoms with E-state index >= 15 is 0 Å². The van der Waals surface area contributed by atoms with Gasteiger partial charge in [-0.3, -0.25) is 4.68 Å². The van der Waals surface area contributed by atoms with Gasteiger partial charge in [0, 0.05) is 6.04 Å². The Morgan fingerprint density at radius 1 is 1.47 bits per heavy atom. The highest BCUT2D eigenvalue weighted by Gasteiger charge is 2.47. The van der Waals surface area contributed by atoms with Gasteiger partial charge in [-0.25, -0.2) is 0 Å². The molecule has 1 saturated carbocycles. The van der Waals surface area contributed by atoms with E-state index in [0.717, 1.165) is 5.75 Å². The van der Waals surface area contributed by atoms with E-state index in [0.29, 0.717) is 17.5 Å². The van der Waals surface area contributed by atoms with Gasteiger partial charge < -0.3 is 10.1 Å². The van der Waals surface area contributed by atoms with Gasteiger partial charge in [0.25, 0.3) is 0 Å². The first kappa shape index (κ1) is 12.4. The fourth-order valence-corrected chi connectivity index (χ4v) is 2.50. The number of ether oxygens (including phenoxy) is 1. The van der Waals surface area contributed by atoms with Gasteiger partial charge in [-0.2, -0.15) is 5.10 Å².